The molecule has 3 aromatic rings. The highest BCUT2D eigenvalue weighted by Gasteiger charge is 2.26. The Bertz CT molecular complexity index is 1170. The van der Waals surface area contributed by atoms with Crippen LogP contribution in [0.3, 0.4) is 0 Å². The van der Waals surface area contributed by atoms with Crippen LogP contribution in [0.25, 0.3) is 11.4 Å². The maximum Gasteiger partial charge on any atom is 0.341 e. The third-order valence-electron chi connectivity index (χ3n) is 5.83. The van der Waals surface area contributed by atoms with Crippen LogP contribution < -0.4 is 5.32 Å². The lowest BCUT2D eigenvalue weighted by atomic mass is 10.1. The molecule has 0 aliphatic heterocycles. The SMILES string of the molecule is CCOC(=O)c1c(NC(=O)CSc2nnc(-c3ccc(C)cc3)n2CC)sc2c1CCCCC2. The molecule has 7 nitrogen and oxygen atoms in total. The van der Waals surface area contributed by atoms with Gasteiger partial charge in [0.15, 0.2) is 11.0 Å². The lowest BCUT2D eigenvalue weighted by Gasteiger charge is -2.09. The summed E-state index contributed by atoms with van der Waals surface area (Å²) in [6.07, 6.45) is 5.11. The van der Waals surface area contributed by atoms with Crippen LogP contribution in [0.2, 0.25) is 0 Å². The summed E-state index contributed by atoms with van der Waals surface area (Å²) in [6.45, 7) is 6.89. The molecule has 1 amide bonds. The number of benzene rings is 1. The first kappa shape index (κ1) is 24.5. The van der Waals surface area contributed by atoms with Gasteiger partial charge in [-0.1, -0.05) is 48.0 Å². The second-order valence-electron chi connectivity index (χ2n) is 8.24. The molecule has 0 saturated heterocycles. The molecule has 0 spiro atoms. The number of amides is 1. The molecule has 0 fully saturated rings. The first-order chi connectivity index (χ1) is 16.5. The van der Waals surface area contributed by atoms with Crippen LogP contribution in [-0.2, 0) is 28.9 Å². The molecular weight excluding hydrogens is 468 g/mol. The van der Waals surface area contributed by atoms with E-state index >= 15 is 0 Å². The summed E-state index contributed by atoms with van der Waals surface area (Å²) in [5, 5.41) is 13.0. The van der Waals surface area contributed by atoms with Gasteiger partial charge >= 0.3 is 5.97 Å². The summed E-state index contributed by atoms with van der Waals surface area (Å²) in [6, 6.07) is 8.16. The number of anilines is 1. The molecule has 1 aliphatic rings. The summed E-state index contributed by atoms with van der Waals surface area (Å²) in [4.78, 5) is 26.8. The Labute approximate surface area is 208 Å². The van der Waals surface area contributed by atoms with E-state index < -0.39 is 0 Å². The van der Waals surface area contributed by atoms with Gasteiger partial charge in [-0.2, -0.15) is 0 Å². The van der Waals surface area contributed by atoms with Gasteiger partial charge in [-0.3, -0.25) is 4.79 Å². The topological polar surface area (TPSA) is 86.1 Å². The Morgan fingerprint density at radius 2 is 1.88 bits per heavy atom. The number of aryl methyl sites for hydroxylation is 2. The van der Waals surface area contributed by atoms with Crippen LogP contribution >= 0.6 is 23.1 Å². The van der Waals surface area contributed by atoms with E-state index in [1.54, 1.807) is 6.92 Å². The minimum Gasteiger partial charge on any atom is -0.462 e. The standard InChI is InChI=1S/C25H30N4O3S2/c1-4-29-22(17-13-11-16(3)12-14-17)27-28-25(29)33-15-20(30)26-23-21(24(31)32-5-2)18-9-7-6-8-10-19(18)34-23/h11-14H,4-10,15H2,1-3H3,(H,26,30). The first-order valence-electron chi connectivity index (χ1n) is 11.8. The van der Waals surface area contributed by atoms with Crippen molar-refractivity contribution in [3.05, 3.63) is 45.8 Å². The Morgan fingerprint density at radius 1 is 1.12 bits per heavy atom. The summed E-state index contributed by atoms with van der Waals surface area (Å²) < 4.78 is 7.33. The summed E-state index contributed by atoms with van der Waals surface area (Å²) >= 11 is 2.86. The van der Waals surface area contributed by atoms with E-state index in [0.29, 0.717) is 28.9 Å². The predicted octanol–water partition coefficient (Wildman–Crippen LogP) is 5.51. The van der Waals surface area contributed by atoms with Crippen LogP contribution in [0.4, 0.5) is 5.00 Å². The van der Waals surface area contributed by atoms with Gasteiger partial charge in [0.2, 0.25) is 5.91 Å². The fourth-order valence-corrected chi connectivity index (χ4v) is 6.24. The average molecular weight is 499 g/mol. The van der Waals surface area contributed by atoms with Crippen molar-refractivity contribution in [1.29, 1.82) is 0 Å². The van der Waals surface area contributed by atoms with Crippen molar-refractivity contribution in [2.45, 2.75) is 64.6 Å². The fraction of sp³-hybridized carbons (Fsp3) is 0.440. The molecule has 0 unspecified atom stereocenters. The van der Waals surface area contributed by atoms with Gasteiger partial charge in [0.05, 0.1) is 17.9 Å². The molecule has 0 radical (unpaired) electrons. The minimum atomic E-state index is -0.349. The predicted molar refractivity (Wildman–Crippen MR) is 137 cm³/mol. The molecule has 9 heteroatoms. The monoisotopic (exact) mass is 498 g/mol. The van der Waals surface area contributed by atoms with Crippen LogP contribution in [0.1, 0.15) is 59.5 Å². The quantitative estimate of drug-likeness (QED) is 0.250. The molecule has 1 aromatic carbocycles. The second kappa shape index (κ2) is 11.2. The van der Waals surface area contributed by atoms with Gasteiger partial charge in [-0.25, -0.2) is 4.79 Å². The molecule has 4 rings (SSSR count). The largest absolute Gasteiger partial charge is 0.462 e. The smallest absolute Gasteiger partial charge is 0.341 e. The summed E-state index contributed by atoms with van der Waals surface area (Å²) in [7, 11) is 0. The van der Waals surface area contributed by atoms with Gasteiger partial charge in [-0.05, 0) is 52.0 Å². The van der Waals surface area contributed by atoms with E-state index in [1.807, 2.05) is 42.7 Å². The van der Waals surface area contributed by atoms with Gasteiger partial charge in [-0.15, -0.1) is 21.5 Å². The van der Waals surface area contributed by atoms with E-state index in [-0.39, 0.29) is 17.6 Å². The van der Waals surface area contributed by atoms with E-state index in [9.17, 15) is 9.59 Å². The lowest BCUT2D eigenvalue weighted by Crippen LogP contribution is -2.17. The number of fused-ring (bicyclic) bond motifs is 1. The summed E-state index contributed by atoms with van der Waals surface area (Å²) in [5.74, 6) is 0.446. The van der Waals surface area contributed by atoms with E-state index in [4.69, 9.17) is 4.74 Å². The van der Waals surface area contributed by atoms with Crippen LogP contribution in [0, 0.1) is 6.92 Å². The van der Waals surface area contributed by atoms with Crippen molar-refractivity contribution < 1.29 is 14.3 Å². The van der Waals surface area contributed by atoms with Crippen LogP contribution in [-0.4, -0.2) is 39.0 Å². The number of rotatable bonds is 8. The molecule has 2 heterocycles. The maximum absolute atomic E-state index is 12.9. The van der Waals surface area contributed by atoms with Crippen LogP contribution in [0.15, 0.2) is 29.4 Å². The normalized spacial score (nSPS) is 13.3. The molecule has 2 aromatic heterocycles. The number of carbonyl (C=O) groups excluding carboxylic acids is 2. The molecular formula is C25H30N4O3S2. The van der Waals surface area contributed by atoms with Crippen molar-refractivity contribution >= 4 is 40.0 Å². The third-order valence-corrected chi connectivity index (χ3v) is 8.00. The zero-order valence-electron chi connectivity index (χ0n) is 19.8. The maximum atomic E-state index is 12.9. The lowest BCUT2D eigenvalue weighted by molar-refractivity contribution is -0.113. The Morgan fingerprint density at radius 3 is 2.62 bits per heavy atom. The Hall–Kier alpha value is -2.65. The second-order valence-corrected chi connectivity index (χ2v) is 10.3. The van der Waals surface area contributed by atoms with Crippen molar-refractivity contribution in [2.75, 3.05) is 17.7 Å². The number of thiophene rings is 1. The molecule has 0 atom stereocenters. The number of hydrogen-bond donors (Lipinski definition) is 1. The van der Waals surface area contributed by atoms with Gasteiger partial charge in [0.25, 0.3) is 0 Å². The number of nitrogens with zero attached hydrogens (tertiary/aromatic N) is 3. The minimum absolute atomic E-state index is 0.172. The van der Waals surface area contributed by atoms with Gasteiger partial charge in [0, 0.05) is 17.0 Å². The number of nitrogens with one attached hydrogen (secondary N) is 1. The molecule has 0 saturated carbocycles. The highest BCUT2D eigenvalue weighted by molar-refractivity contribution is 7.99. The number of hydrogen-bond acceptors (Lipinski definition) is 7. The van der Waals surface area contributed by atoms with E-state index in [1.165, 1.54) is 33.5 Å². The number of carbonyl (C=O) groups is 2. The average Bonchev–Trinajstić information content (AvgIpc) is 3.31. The van der Waals surface area contributed by atoms with Crippen molar-refractivity contribution in [3.8, 4) is 11.4 Å². The summed E-state index contributed by atoms with van der Waals surface area (Å²) in [5.41, 5.74) is 3.78. The van der Waals surface area contributed by atoms with Crippen molar-refractivity contribution in [2.24, 2.45) is 0 Å². The van der Waals surface area contributed by atoms with Gasteiger partial charge in [0.1, 0.15) is 5.00 Å². The third kappa shape index (κ3) is 5.36. The number of esters is 1. The number of ether oxygens (including phenoxy) is 1. The van der Waals surface area contributed by atoms with Crippen molar-refractivity contribution in [1.82, 2.24) is 14.8 Å². The highest BCUT2D eigenvalue weighted by Crippen LogP contribution is 2.38. The van der Waals surface area contributed by atoms with Gasteiger partial charge < -0.3 is 14.6 Å². The van der Waals surface area contributed by atoms with E-state index in [0.717, 1.165) is 49.1 Å². The zero-order valence-corrected chi connectivity index (χ0v) is 21.5. The van der Waals surface area contributed by atoms with Crippen LogP contribution in [0.5, 0.6) is 0 Å². The first-order valence-corrected chi connectivity index (χ1v) is 13.6. The highest BCUT2D eigenvalue weighted by atomic mass is 32.2. The van der Waals surface area contributed by atoms with E-state index in [2.05, 4.69) is 15.5 Å². The number of thioether (sulfide) groups is 1. The Kier molecular flexibility index (Phi) is 8.05. The molecule has 180 valence electrons. The fourth-order valence-electron chi connectivity index (χ4n) is 4.14. The zero-order chi connectivity index (χ0) is 24.1. The molecule has 1 aliphatic carbocycles. The molecule has 34 heavy (non-hydrogen) atoms. The number of aromatic nitrogens is 3. The van der Waals surface area contributed by atoms with Crippen molar-refractivity contribution in [3.63, 3.8) is 0 Å². The Balaban J connectivity index is 1.49. The molecule has 0 bridgehead atoms. The molecule has 1 N–H and O–H groups in total.